The predicted molar refractivity (Wildman–Crippen MR) is 123 cm³/mol. The number of likely N-dealkylation sites (tertiary alicyclic amines) is 2. The third kappa shape index (κ3) is 5.39. The van der Waals surface area contributed by atoms with E-state index < -0.39 is 0 Å². The van der Waals surface area contributed by atoms with Gasteiger partial charge in [-0.25, -0.2) is 9.97 Å². The first-order valence-electron chi connectivity index (χ1n) is 12.2. The SMILES string of the molecule is CNc1cc([C@H]2CC(=O)N(CCOC)C2)nc(C2CCN(C(=O)CC3CCCC3)CC2)n1. The van der Waals surface area contributed by atoms with Gasteiger partial charge in [-0.2, -0.15) is 0 Å². The number of piperidine rings is 1. The molecule has 32 heavy (non-hydrogen) atoms. The van der Waals surface area contributed by atoms with Crippen molar-refractivity contribution < 1.29 is 14.3 Å². The molecule has 1 N–H and O–H groups in total. The molecule has 3 aliphatic rings. The average molecular weight is 444 g/mol. The van der Waals surface area contributed by atoms with Crippen molar-refractivity contribution in [2.24, 2.45) is 5.92 Å². The first-order valence-corrected chi connectivity index (χ1v) is 12.2. The van der Waals surface area contributed by atoms with Gasteiger partial charge in [0.1, 0.15) is 11.6 Å². The molecule has 2 saturated heterocycles. The number of rotatable bonds is 8. The maximum absolute atomic E-state index is 12.7. The molecule has 0 bridgehead atoms. The number of anilines is 1. The summed E-state index contributed by atoms with van der Waals surface area (Å²) in [6.45, 7) is 3.41. The largest absolute Gasteiger partial charge is 0.383 e. The number of nitrogens with one attached hydrogen (secondary N) is 1. The van der Waals surface area contributed by atoms with Crippen LogP contribution < -0.4 is 5.32 Å². The van der Waals surface area contributed by atoms with Gasteiger partial charge >= 0.3 is 0 Å². The summed E-state index contributed by atoms with van der Waals surface area (Å²) < 4.78 is 5.13. The smallest absolute Gasteiger partial charge is 0.223 e. The molecule has 2 aliphatic heterocycles. The minimum atomic E-state index is 0.0845. The van der Waals surface area contributed by atoms with Gasteiger partial charge in [-0.3, -0.25) is 9.59 Å². The van der Waals surface area contributed by atoms with E-state index in [1.165, 1.54) is 25.7 Å². The van der Waals surface area contributed by atoms with E-state index in [0.717, 1.165) is 49.7 Å². The number of amides is 2. The molecule has 0 unspecified atom stereocenters. The Balaban J connectivity index is 1.39. The fourth-order valence-corrected chi connectivity index (χ4v) is 5.37. The number of methoxy groups -OCH3 is 1. The molecule has 8 heteroatoms. The predicted octanol–water partition coefficient (Wildman–Crippen LogP) is 2.77. The highest BCUT2D eigenvalue weighted by Gasteiger charge is 2.33. The second-order valence-electron chi connectivity index (χ2n) is 9.53. The van der Waals surface area contributed by atoms with Crippen molar-refractivity contribution in [3.8, 4) is 0 Å². The first kappa shape index (κ1) is 23.0. The molecular formula is C24H37N5O3. The Morgan fingerprint density at radius 3 is 2.59 bits per heavy atom. The molecule has 4 rings (SSSR count). The highest BCUT2D eigenvalue weighted by atomic mass is 16.5. The first-order chi connectivity index (χ1) is 15.6. The van der Waals surface area contributed by atoms with E-state index in [1.54, 1.807) is 7.11 Å². The minimum Gasteiger partial charge on any atom is -0.383 e. The van der Waals surface area contributed by atoms with E-state index in [9.17, 15) is 9.59 Å². The summed E-state index contributed by atoms with van der Waals surface area (Å²) in [5.41, 5.74) is 0.937. The van der Waals surface area contributed by atoms with Gasteiger partial charge in [0.15, 0.2) is 0 Å². The lowest BCUT2D eigenvalue weighted by atomic mass is 9.94. The molecule has 3 fully saturated rings. The van der Waals surface area contributed by atoms with Crippen molar-refractivity contribution in [2.75, 3.05) is 52.3 Å². The van der Waals surface area contributed by atoms with Gasteiger partial charge < -0.3 is 19.9 Å². The van der Waals surface area contributed by atoms with Crippen LogP contribution in [0.25, 0.3) is 0 Å². The molecule has 1 atom stereocenters. The Morgan fingerprint density at radius 2 is 1.91 bits per heavy atom. The molecule has 1 aromatic rings. The number of nitrogens with zero attached hydrogens (tertiary/aromatic N) is 4. The zero-order chi connectivity index (χ0) is 22.5. The highest BCUT2D eigenvalue weighted by Crippen LogP contribution is 2.33. The van der Waals surface area contributed by atoms with Gasteiger partial charge in [0.25, 0.3) is 0 Å². The lowest BCUT2D eigenvalue weighted by Crippen LogP contribution is -2.38. The normalized spacial score (nSPS) is 22.7. The molecule has 2 amide bonds. The van der Waals surface area contributed by atoms with Crippen molar-refractivity contribution in [3.05, 3.63) is 17.6 Å². The Morgan fingerprint density at radius 1 is 1.16 bits per heavy atom. The van der Waals surface area contributed by atoms with Crippen LogP contribution in [-0.2, 0) is 14.3 Å². The lowest BCUT2D eigenvalue weighted by Gasteiger charge is -2.32. The van der Waals surface area contributed by atoms with Crippen LogP contribution in [0.5, 0.6) is 0 Å². The second kappa shape index (κ2) is 10.6. The van der Waals surface area contributed by atoms with Gasteiger partial charge in [-0.15, -0.1) is 0 Å². The number of aromatic nitrogens is 2. The summed E-state index contributed by atoms with van der Waals surface area (Å²) in [5, 5.41) is 3.16. The van der Waals surface area contributed by atoms with Crippen LogP contribution in [0.2, 0.25) is 0 Å². The summed E-state index contributed by atoms with van der Waals surface area (Å²) in [6, 6.07) is 1.97. The van der Waals surface area contributed by atoms with Crippen molar-refractivity contribution in [3.63, 3.8) is 0 Å². The zero-order valence-electron chi connectivity index (χ0n) is 19.5. The fraction of sp³-hybridized carbons (Fsp3) is 0.750. The topological polar surface area (TPSA) is 87.7 Å². The molecule has 0 radical (unpaired) electrons. The Labute approximate surface area is 191 Å². The van der Waals surface area contributed by atoms with Crippen LogP contribution in [-0.4, -0.2) is 78.5 Å². The maximum Gasteiger partial charge on any atom is 0.223 e. The van der Waals surface area contributed by atoms with Crippen LogP contribution in [0.3, 0.4) is 0 Å². The summed E-state index contributed by atoms with van der Waals surface area (Å²) in [5.74, 6) is 3.05. The van der Waals surface area contributed by atoms with Crippen LogP contribution in [0.15, 0.2) is 6.07 Å². The monoisotopic (exact) mass is 443 g/mol. The molecule has 1 saturated carbocycles. The number of ether oxygens (including phenoxy) is 1. The van der Waals surface area contributed by atoms with Crippen LogP contribution in [0, 0.1) is 5.92 Å². The number of carbonyl (C=O) groups is 2. The Bertz CT molecular complexity index is 803. The number of hydrogen-bond acceptors (Lipinski definition) is 6. The van der Waals surface area contributed by atoms with E-state index in [4.69, 9.17) is 14.7 Å². The van der Waals surface area contributed by atoms with Gasteiger partial charge in [0, 0.05) is 71.1 Å². The van der Waals surface area contributed by atoms with Crippen LogP contribution in [0.1, 0.15) is 74.7 Å². The van der Waals surface area contributed by atoms with Gasteiger partial charge in [0.2, 0.25) is 11.8 Å². The van der Waals surface area contributed by atoms with Crippen LogP contribution in [0.4, 0.5) is 5.82 Å². The van der Waals surface area contributed by atoms with E-state index in [2.05, 4.69) is 5.32 Å². The average Bonchev–Trinajstić information content (AvgIpc) is 3.47. The van der Waals surface area contributed by atoms with Crippen molar-refractivity contribution in [1.82, 2.24) is 19.8 Å². The lowest BCUT2D eigenvalue weighted by molar-refractivity contribution is -0.133. The number of hydrogen-bond donors (Lipinski definition) is 1. The summed E-state index contributed by atoms with van der Waals surface area (Å²) in [4.78, 5) is 38.7. The summed E-state index contributed by atoms with van der Waals surface area (Å²) in [7, 11) is 3.52. The van der Waals surface area contributed by atoms with E-state index in [1.807, 2.05) is 22.9 Å². The van der Waals surface area contributed by atoms with Gasteiger partial charge in [-0.05, 0) is 31.6 Å². The molecule has 3 heterocycles. The quantitative estimate of drug-likeness (QED) is 0.665. The van der Waals surface area contributed by atoms with Crippen molar-refractivity contribution in [1.29, 1.82) is 0 Å². The molecule has 8 nitrogen and oxygen atoms in total. The molecule has 1 aliphatic carbocycles. The van der Waals surface area contributed by atoms with Gasteiger partial charge in [-0.1, -0.05) is 12.8 Å². The Hall–Kier alpha value is -2.22. The molecule has 0 spiro atoms. The Kier molecular flexibility index (Phi) is 7.60. The van der Waals surface area contributed by atoms with Crippen LogP contribution >= 0.6 is 0 Å². The van der Waals surface area contributed by atoms with Crippen molar-refractivity contribution >= 4 is 17.6 Å². The van der Waals surface area contributed by atoms with Crippen molar-refractivity contribution in [2.45, 2.75) is 63.2 Å². The molecule has 176 valence electrons. The molecule has 0 aromatic carbocycles. The van der Waals surface area contributed by atoms with E-state index in [0.29, 0.717) is 37.9 Å². The summed E-state index contributed by atoms with van der Waals surface area (Å²) >= 11 is 0. The van der Waals surface area contributed by atoms with Gasteiger partial charge in [0.05, 0.1) is 12.3 Å². The molecular weight excluding hydrogens is 406 g/mol. The van der Waals surface area contributed by atoms with E-state index >= 15 is 0 Å². The summed E-state index contributed by atoms with van der Waals surface area (Å²) in [6.07, 6.45) is 7.97. The van der Waals surface area contributed by atoms with E-state index in [-0.39, 0.29) is 17.7 Å². The maximum atomic E-state index is 12.7. The second-order valence-corrected chi connectivity index (χ2v) is 9.53. The third-order valence-corrected chi connectivity index (χ3v) is 7.37. The third-order valence-electron chi connectivity index (χ3n) is 7.37. The number of carbonyl (C=O) groups excluding carboxylic acids is 2. The zero-order valence-corrected chi connectivity index (χ0v) is 19.5. The minimum absolute atomic E-state index is 0.0845. The highest BCUT2D eigenvalue weighted by molar-refractivity contribution is 5.79. The molecule has 1 aromatic heterocycles. The fourth-order valence-electron chi connectivity index (χ4n) is 5.37. The standard InChI is InChI=1S/C24H37N5O3/c1-25-21-15-20(19-14-23(31)29(16-19)11-12-32-2)26-24(27-21)18-7-9-28(10-8-18)22(30)13-17-5-3-4-6-17/h15,17-19H,3-14,16H2,1-2H3,(H,25,26,27)/t19-/m0/s1.